The number of nitrogens with zero attached hydrogens (tertiary/aromatic N) is 2. The summed E-state index contributed by atoms with van der Waals surface area (Å²) in [6.45, 7) is 1.31. The molecule has 0 saturated heterocycles. The third kappa shape index (κ3) is 6.11. The van der Waals surface area contributed by atoms with Crippen LogP contribution in [0.1, 0.15) is 11.1 Å². The Labute approximate surface area is 192 Å². The first kappa shape index (κ1) is 22.4. The minimum atomic E-state index is -0.978. The maximum atomic E-state index is 11.6. The van der Waals surface area contributed by atoms with E-state index < -0.39 is 12.1 Å². The Morgan fingerprint density at radius 1 is 1.00 bits per heavy atom. The number of likely N-dealkylation sites (N-methyl/N-ethyl adjacent to an activating group) is 1. The topological polar surface area (TPSA) is 85.0 Å². The third-order valence-corrected chi connectivity index (χ3v) is 5.22. The number of aliphatic carboxylic acids is 1. The van der Waals surface area contributed by atoms with Crippen molar-refractivity contribution >= 4 is 23.1 Å². The first-order valence-corrected chi connectivity index (χ1v) is 10.8. The van der Waals surface area contributed by atoms with E-state index in [1.165, 1.54) is 0 Å². The summed E-state index contributed by atoms with van der Waals surface area (Å²) in [6.07, 6.45) is -0.634. The van der Waals surface area contributed by atoms with Crippen LogP contribution in [-0.2, 0) is 22.6 Å². The van der Waals surface area contributed by atoms with Gasteiger partial charge >= 0.3 is 5.97 Å². The smallest absolute Gasteiger partial charge is 0.333 e. The Bertz CT molecular complexity index is 1140. The quantitative estimate of drug-likeness (QED) is 0.362. The molecular weight excluding hydrogens is 420 g/mol. The number of carboxylic acid groups (broad SMARTS) is 1. The first-order chi connectivity index (χ1) is 16.1. The van der Waals surface area contributed by atoms with Crippen LogP contribution in [-0.4, -0.2) is 42.4 Å². The molecule has 0 spiro atoms. The number of ether oxygens (including phenoxy) is 2. The van der Waals surface area contributed by atoms with Crippen LogP contribution in [0, 0.1) is 0 Å². The van der Waals surface area contributed by atoms with Gasteiger partial charge in [0.25, 0.3) is 6.01 Å². The van der Waals surface area contributed by atoms with Crippen molar-refractivity contribution in [2.45, 2.75) is 19.1 Å². The molecule has 0 radical (unpaired) electrons. The second-order valence-corrected chi connectivity index (χ2v) is 7.71. The van der Waals surface area contributed by atoms with E-state index in [1.807, 2.05) is 90.8 Å². The van der Waals surface area contributed by atoms with Gasteiger partial charge in [0.15, 0.2) is 11.7 Å². The second-order valence-electron chi connectivity index (χ2n) is 7.71. The SMILES string of the molecule is CN(CCOc1ccc(C[C@@H](OCc2ccccc2)C(=O)O)cc1)c1nc2ccccc2o1. The van der Waals surface area contributed by atoms with E-state index in [0.29, 0.717) is 24.9 Å². The summed E-state index contributed by atoms with van der Waals surface area (Å²) in [7, 11) is 1.90. The van der Waals surface area contributed by atoms with Crippen LogP contribution in [0.3, 0.4) is 0 Å². The number of fused-ring (bicyclic) bond motifs is 1. The van der Waals surface area contributed by atoms with Gasteiger partial charge in [-0.2, -0.15) is 4.98 Å². The molecule has 3 aromatic carbocycles. The summed E-state index contributed by atoms with van der Waals surface area (Å²) in [5, 5.41) is 9.51. The lowest BCUT2D eigenvalue weighted by Crippen LogP contribution is -2.26. The monoisotopic (exact) mass is 446 g/mol. The molecule has 0 unspecified atom stereocenters. The number of hydrogen-bond acceptors (Lipinski definition) is 6. The van der Waals surface area contributed by atoms with Crippen molar-refractivity contribution in [3.8, 4) is 5.75 Å². The van der Waals surface area contributed by atoms with E-state index >= 15 is 0 Å². The number of para-hydroxylation sites is 2. The van der Waals surface area contributed by atoms with E-state index in [9.17, 15) is 9.90 Å². The van der Waals surface area contributed by atoms with Crippen molar-refractivity contribution in [3.63, 3.8) is 0 Å². The average Bonchev–Trinajstić information content (AvgIpc) is 3.28. The third-order valence-electron chi connectivity index (χ3n) is 5.22. The Morgan fingerprint density at radius 2 is 1.73 bits per heavy atom. The fourth-order valence-corrected chi connectivity index (χ4v) is 3.34. The Balaban J connectivity index is 1.26. The molecule has 0 amide bonds. The largest absolute Gasteiger partial charge is 0.492 e. The Hall–Kier alpha value is -3.84. The highest BCUT2D eigenvalue weighted by molar-refractivity contribution is 5.74. The molecule has 1 heterocycles. The number of aromatic nitrogens is 1. The van der Waals surface area contributed by atoms with Gasteiger partial charge in [-0.15, -0.1) is 0 Å². The number of hydrogen-bond donors (Lipinski definition) is 1. The van der Waals surface area contributed by atoms with Gasteiger partial charge in [0.2, 0.25) is 0 Å². The fourth-order valence-electron chi connectivity index (χ4n) is 3.34. The summed E-state index contributed by atoms with van der Waals surface area (Å²) in [5.74, 6) is -0.268. The lowest BCUT2D eigenvalue weighted by atomic mass is 10.1. The highest BCUT2D eigenvalue weighted by atomic mass is 16.5. The van der Waals surface area contributed by atoms with Crippen LogP contribution in [0.15, 0.2) is 83.3 Å². The standard InChI is InChI=1S/C26H26N2O5/c1-28(26-27-22-9-5-6-10-23(22)33-26)15-16-31-21-13-11-19(12-14-21)17-24(25(29)30)32-18-20-7-3-2-4-8-20/h2-14,24H,15-18H2,1H3,(H,29,30)/t24-/m1/s1. The minimum Gasteiger partial charge on any atom is -0.492 e. The number of oxazole rings is 1. The van der Waals surface area contributed by atoms with E-state index in [2.05, 4.69) is 4.98 Å². The molecule has 0 aliphatic carbocycles. The molecule has 0 aliphatic heterocycles. The highest BCUT2D eigenvalue weighted by Gasteiger charge is 2.19. The van der Waals surface area contributed by atoms with Gasteiger partial charge in [0, 0.05) is 13.5 Å². The zero-order valence-electron chi connectivity index (χ0n) is 18.4. The molecule has 4 aromatic rings. The fraction of sp³-hybridized carbons (Fsp3) is 0.231. The Kier molecular flexibility index (Phi) is 7.22. The number of carbonyl (C=O) groups is 1. The molecule has 170 valence electrons. The van der Waals surface area contributed by atoms with Crippen LogP contribution in [0.25, 0.3) is 11.1 Å². The van der Waals surface area contributed by atoms with E-state index in [1.54, 1.807) is 0 Å². The van der Waals surface area contributed by atoms with Crippen molar-refractivity contribution < 1.29 is 23.8 Å². The van der Waals surface area contributed by atoms with Crippen LogP contribution in [0.5, 0.6) is 5.75 Å². The van der Waals surface area contributed by atoms with Crippen LogP contribution < -0.4 is 9.64 Å². The summed E-state index contributed by atoms with van der Waals surface area (Å²) >= 11 is 0. The second kappa shape index (κ2) is 10.7. The molecular formula is C26H26N2O5. The van der Waals surface area contributed by atoms with E-state index in [-0.39, 0.29) is 13.0 Å². The molecule has 1 atom stereocenters. The van der Waals surface area contributed by atoms with Gasteiger partial charge < -0.3 is 23.9 Å². The lowest BCUT2D eigenvalue weighted by molar-refractivity contribution is -0.151. The van der Waals surface area contributed by atoms with Gasteiger partial charge in [0.1, 0.15) is 17.9 Å². The molecule has 4 rings (SSSR count). The predicted octanol–water partition coefficient (Wildman–Crippen LogP) is 4.56. The van der Waals surface area contributed by atoms with Crippen LogP contribution in [0.4, 0.5) is 6.01 Å². The lowest BCUT2D eigenvalue weighted by Gasteiger charge is -2.16. The summed E-state index contributed by atoms with van der Waals surface area (Å²) in [5.41, 5.74) is 3.38. The number of benzene rings is 3. The number of carboxylic acids is 1. The summed E-state index contributed by atoms with van der Waals surface area (Å²) < 4.78 is 17.2. The van der Waals surface area contributed by atoms with Gasteiger partial charge in [-0.05, 0) is 35.4 Å². The van der Waals surface area contributed by atoms with Gasteiger partial charge in [-0.1, -0.05) is 54.6 Å². The van der Waals surface area contributed by atoms with Crippen LogP contribution in [0.2, 0.25) is 0 Å². The van der Waals surface area contributed by atoms with Crippen LogP contribution >= 0.6 is 0 Å². The molecule has 0 bridgehead atoms. The predicted molar refractivity (Wildman–Crippen MR) is 126 cm³/mol. The minimum absolute atomic E-state index is 0.257. The molecule has 1 aromatic heterocycles. The van der Waals surface area contributed by atoms with Gasteiger partial charge in [-0.3, -0.25) is 0 Å². The molecule has 7 nitrogen and oxygen atoms in total. The zero-order valence-corrected chi connectivity index (χ0v) is 18.4. The molecule has 7 heteroatoms. The first-order valence-electron chi connectivity index (χ1n) is 10.8. The maximum Gasteiger partial charge on any atom is 0.333 e. The van der Waals surface area contributed by atoms with Gasteiger partial charge in [-0.25, -0.2) is 4.79 Å². The normalized spacial score (nSPS) is 11.9. The van der Waals surface area contributed by atoms with Crippen molar-refractivity contribution in [1.82, 2.24) is 4.98 Å². The number of rotatable bonds is 11. The molecule has 0 fully saturated rings. The summed E-state index contributed by atoms with van der Waals surface area (Å²) in [4.78, 5) is 18.0. The Morgan fingerprint density at radius 3 is 2.45 bits per heavy atom. The van der Waals surface area contributed by atoms with E-state index in [0.717, 1.165) is 22.2 Å². The number of anilines is 1. The molecule has 0 aliphatic rings. The van der Waals surface area contributed by atoms with Crippen molar-refractivity contribution in [2.24, 2.45) is 0 Å². The maximum absolute atomic E-state index is 11.6. The highest BCUT2D eigenvalue weighted by Crippen LogP contribution is 2.21. The average molecular weight is 447 g/mol. The molecule has 0 saturated carbocycles. The summed E-state index contributed by atoms with van der Waals surface area (Å²) in [6, 6.07) is 25.1. The van der Waals surface area contributed by atoms with Crippen molar-refractivity contribution in [2.75, 3.05) is 25.1 Å². The zero-order chi connectivity index (χ0) is 23.0. The van der Waals surface area contributed by atoms with Crippen molar-refractivity contribution in [1.29, 1.82) is 0 Å². The van der Waals surface area contributed by atoms with E-state index in [4.69, 9.17) is 13.9 Å². The molecule has 1 N–H and O–H groups in total. The van der Waals surface area contributed by atoms with Crippen molar-refractivity contribution in [3.05, 3.63) is 90.0 Å². The molecule has 33 heavy (non-hydrogen) atoms. The van der Waals surface area contributed by atoms with Gasteiger partial charge in [0.05, 0.1) is 13.2 Å².